The summed E-state index contributed by atoms with van der Waals surface area (Å²) in [4.78, 5) is 2.29. The van der Waals surface area contributed by atoms with Gasteiger partial charge < -0.3 is 4.90 Å². The molecule has 0 atom stereocenters. The average molecular weight is 305 g/mol. The number of rotatable bonds is 1. The summed E-state index contributed by atoms with van der Waals surface area (Å²) in [5.74, 6) is 0. The van der Waals surface area contributed by atoms with Gasteiger partial charge in [-0.3, -0.25) is 4.55 Å². The molecule has 0 saturated heterocycles. The third kappa shape index (κ3) is 4.67. The zero-order valence-electron chi connectivity index (χ0n) is 11.9. The summed E-state index contributed by atoms with van der Waals surface area (Å²) >= 11 is 0. The van der Waals surface area contributed by atoms with Crippen molar-refractivity contribution in [1.82, 2.24) is 4.90 Å². The molecule has 1 N–H and O–H groups in total. The molecule has 2 aromatic carbocycles. The van der Waals surface area contributed by atoms with E-state index in [0.29, 0.717) is 0 Å². The Kier molecular flexibility index (Phi) is 5.12. The molecule has 2 aromatic rings. The van der Waals surface area contributed by atoms with Gasteiger partial charge in [0.05, 0.1) is 4.90 Å². The molecule has 0 aromatic heterocycles. The summed E-state index contributed by atoms with van der Waals surface area (Å²) in [6, 6.07) is 16.1. The second kappa shape index (κ2) is 6.85. The van der Waals surface area contributed by atoms with Crippen LogP contribution in [0.1, 0.15) is 11.1 Å². The topological polar surface area (TPSA) is 57.6 Å². The lowest BCUT2D eigenvalue weighted by Gasteiger charge is -2.24. The first-order valence-corrected chi connectivity index (χ1v) is 8.18. The van der Waals surface area contributed by atoms with E-state index < -0.39 is 10.1 Å². The Labute approximate surface area is 125 Å². The van der Waals surface area contributed by atoms with Crippen molar-refractivity contribution < 1.29 is 13.0 Å². The Balaban J connectivity index is 0.000000155. The largest absolute Gasteiger partial charge is 0.302 e. The minimum atomic E-state index is -4.00. The lowest BCUT2D eigenvalue weighted by atomic mass is 10.0. The van der Waals surface area contributed by atoms with Gasteiger partial charge in [-0.25, -0.2) is 0 Å². The van der Waals surface area contributed by atoms with Gasteiger partial charge in [0.15, 0.2) is 0 Å². The highest BCUT2D eigenvalue weighted by molar-refractivity contribution is 7.85. The van der Waals surface area contributed by atoms with Crippen LogP contribution in [0.15, 0.2) is 59.5 Å². The predicted molar refractivity (Wildman–Crippen MR) is 82.7 cm³/mol. The summed E-state index contributed by atoms with van der Waals surface area (Å²) in [5.41, 5.74) is 3.03. The Bertz CT molecular complexity index is 684. The van der Waals surface area contributed by atoms with Crippen LogP contribution < -0.4 is 0 Å². The van der Waals surface area contributed by atoms with Gasteiger partial charge in [-0.15, -0.1) is 0 Å². The van der Waals surface area contributed by atoms with E-state index in [0.717, 1.165) is 6.54 Å². The van der Waals surface area contributed by atoms with Gasteiger partial charge in [0, 0.05) is 13.1 Å². The van der Waals surface area contributed by atoms with Gasteiger partial charge in [0.25, 0.3) is 10.1 Å². The van der Waals surface area contributed by atoms with Crippen LogP contribution in [-0.4, -0.2) is 31.5 Å². The fraction of sp³-hybridized carbons (Fsp3) is 0.250. The van der Waals surface area contributed by atoms with Gasteiger partial charge in [-0.1, -0.05) is 42.5 Å². The van der Waals surface area contributed by atoms with Crippen LogP contribution in [0.3, 0.4) is 0 Å². The van der Waals surface area contributed by atoms with Crippen LogP contribution in [0.4, 0.5) is 0 Å². The van der Waals surface area contributed by atoms with Crippen LogP contribution >= 0.6 is 0 Å². The third-order valence-corrected chi connectivity index (χ3v) is 4.23. The highest BCUT2D eigenvalue weighted by Gasteiger charge is 2.10. The summed E-state index contributed by atoms with van der Waals surface area (Å²) in [5, 5.41) is 0. The fourth-order valence-electron chi connectivity index (χ4n) is 2.23. The van der Waals surface area contributed by atoms with Gasteiger partial charge in [-0.2, -0.15) is 8.42 Å². The highest BCUT2D eigenvalue weighted by Crippen LogP contribution is 2.16. The van der Waals surface area contributed by atoms with Crippen molar-refractivity contribution in [3.05, 3.63) is 65.7 Å². The van der Waals surface area contributed by atoms with Crippen molar-refractivity contribution in [1.29, 1.82) is 0 Å². The van der Waals surface area contributed by atoms with E-state index in [2.05, 4.69) is 36.2 Å². The molecule has 1 heterocycles. The first-order valence-electron chi connectivity index (χ1n) is 6.74. The molecule has 1 aliphatic heterocycles. The molecule has 4 nitrogen and oxygen atoms in total. The van der Waals surface area contributed by atoms with Crippen LogP contribution in [0.25, 0.3) is 0 Å². The summed E-state index contributed by atoms with van der Waals surface area (Å²) < 4.78 is 29.2. The van der Waals surface area contributed by atoms with Gasteiger partial charge in [-0.05, 0) is 36.7 Å². The lowest BCUT2D eigenvalue weighted by molar-refractivity contribution is 0.313. The molecule has 21 heavy (non-hydrogen) atoms. The van der Waals surface area contributed by atoms with Gasteiger partial charge in [0.2, 0.25) is 0 Å². The first kappa shape index (κ1) is 15.7. The van der Waals surface area contributed by atoms with E-state index in [-0.39, 0.29) is 4.90 Å². The molecule has 0 amide bonds. The number of likely N-dealkylation sites (N-methyl/N-ethyl adjacent to an activating group) is 1. The number of fused-ring (bicyclic) bond motifs is 1. The molecular weight excluding hydrogens is 286 g/mol. The molecule has 0 unspecified atom stereocenters. The SMILES string of the molecule is CN1CCc2ccccc2C1.O=S(=O)(O)c1ccccc1. The number of hydrogen-bond acceptors (Lipinski definition) is 3. The van der Waals surface area contributed by atoms with Crippen LogP contribution in [0.2, 0.25) is 0 Å². The third-order valence-electron chi connectivity index (χ3n) is 3.36. The van der Waals surface area contributed by atoms with E-state index in [9.17, 15) is 8.42 Å². The van der Waals surface area contributed by atoms with Crippen molar-refractivity contribution in [2.24, 2.45) is 0 Å². The minimum absolute atomic E-state index is 0.0741. The number of hydrogen-bond donors (Lipinski definition) is 1. The van der Waals surface area contributed by atoms with Crippen LogP contribution in [0, 0.1) is 0 Å². The molecule has 3 rings (SSSR count). The molecule has 5 heteroatoms. The van der Waals surface area contributed by atoms with E-state index in [1.807, 2.05) is 0 Å². The Morgan fingerprint density at radius 1 is 0.952 bits per heavy atom. The van der Waals surface area contributed by atoms with Gasteiger partial charge >= 0.3 is 0 Å². The Morgan fingerprint density at radius 3 is 2.10 bits per heavy atom. The molecule has 1 aliphatic rings. The maximum absolute atomic E-state index is 10.4. The molecular formula is C16H19NO3S. The van der Waals surface area contributed by atoms with Crippen molar-refractivity contribution in [2.45, 2.75) is 17.9 Å². The average Bonchev–Trinajstić information content (AvgIpc) is 2.48. The van der Waals surface area contributed by atoms with E-state index >= 15 is 0 Å². The monoisotopic (exact) mass is 305 g/mol. The molecule has 0 spiro atoms. The number of benzene rings is 2. The van der Waals surface area contributed by atoms with Crippen molar-refractivity contribution >= 4 is 10.1 Å². The maximum atomic E-state index is 10.4. The molecule has 0 saturated carbocycles. The molecule has 112 valence electrons. The molecule has 0 bridgehead atoms. The normalized spacial score (nSPS) is 14.8. The molecule has 0 aliphatic carbocycles. The van der Waals surface area contributed by atoms with E-state index in [1.165, 1.54) is 36.2 Å². The Hall–Kier alpha value is -1.69. The van der Waals surface area contributed by atoms with Crippen molar-refractivity contribution in [3.63, 3.8) is 0 Å². The van der Waals surface area contributed by atoms with Crippen molar-refractivity contribution in [2.75, 3.05) is 13.6 Å². The second-order valence-corrected chi connectivity index (χ2v) is 6.47. The quantitative estimate of drug-likeness (QED) is 0.823. The predicted octanol–water partition coefficient (Wildman–Crippen LogP) is 2.61. The fourth-order valence-corrected chi connectivity index (χ4v) is 2.73. The van der Waals surface area contributed by atoms with E-state index in [4.69, 9.17) is 4.55 Å². The smallest absolute Gasteiger partial charge is 0.294 e. The van der Waals surface area contributed by atoms with Crippen LogP contribution in [0.5, 0.6) is 0 Å². The summed E-state index contributed by atoms with van der Waals surface area (Å²) in [6.45, 7) is 2.33. The minimum Gasteiger partial charge on any atom is -0.302 e. The van der Waals surface area contributed by atoms with Crippen LogP contribution in [-0.2, 0) is 23.1 Å². The second-order valence-electron chi connectivity index (χ2n) is 5.04. The zero-order valence-corrected chi connectivity index (χ0v) is 12.8. The maximum Gasteiger partial charge on any atom is 0.294 e. The summed E-state index contributed by atoms with van der Waals surface area (Å²) in [6.07, 6.45) is 1.21. The summed E-state index contributed by atoms with van der Waals surface area (Å²) in [7, 11) is -1.83. The molecule has 0 fully saturated rings. The number of nitrogens with zero attached hydrogens (tertiary/aromatic N) is 1. The zero-order chi connectivity index (χ0) is 15.3. The lowest BCUT2D eigenvalue weighted by Crippen LogP contribution is -2.26. The van der Waals surface area contributed by atoms with Gasteiger partial charge in [0.1, 0.15) is 0 Å². The van der Waals surface area contributed by atoms with E-state index in [1.54, 1.807) is 18.2 Å². The highest BCUT2D eigenvalue weighted by atomic mass is 32.2. The molecule has 0 radical (unpaired) electrons. The Morgan fingerprint density at radius 2 is 1.52 bits per heavy atom. The van der Waals surface area contributed by atoms with Crippen molar-refractivity contribution in [3.8, 4) is 0 Å². The first-order chi connectivity index (χ1) is 9.97. The standard InChI is InChI=1S/C10H13N.C6H6O3S/c1-11-7-6-9-4-2-3-5-10(9)8-11;7-10(8,9)6-4-2-1-3-5-6/h2-5H,6-8H2,1H3;1-5H,(H,7,8,9).